The number of fused-ring (bicyclic) bond motifs is 5. The summed E-state index contributed by atoms with van der Waals surface area (Å²) in [6.07, 6.45) is 11.1. The zero-order chi connectivity index (χ0) is 20.1. The highest BCUT2D eigenvalue weighted by atomic mass is 16.5. The fraction of sp³-hybridized carbons (Fsp3) is 0.708. The van der Waals surface area contributed by atoms with Crippen LogP contribution in [-0.2, 0) is 19.1 Å². The van der Waals surface area contributed by atoms with Crippen LogP contribution in [0.1, 0.15) is 65.2 Å². The van der Waals surface area contributed by atoms with E-state index in [1.807, 2.05) is 6.08 Å². The van der Waals surface area contributed by atoms with Crippen molar-refractivity contribution in [3.05, 3.63) is 24.3 Å². The lowest BCUT2D eigenvalue weighted by Gasteiger charge is -2.58. The molecule has 0 heterocycles. The van der Waals surface area contributed by atoms with E-state index in [2.05, 4.69) is 20.4 Å². The highest BCUT2D eigenvalue weighted by Crippen LogP contribution is 2.66. The number of carbonyl (C=O) groups excluding carboxylic acids is 3. The number of hydrogen-bond acceptors (Lipinski definition) is 4. The quantitative estimate of drug-likeness (QED) is 0.531. The van der Waals surface area contributed by atoms with Crippen LogP contribution in [0.15, 0.2) is 24.3 Å². The van der Waals surface area contributed by atoms with E-state index >= 15 is 0 Å². The number of carbonyl (C=O) groups is 3. The van der Waals surface area contributed by atoms with Crippen LogP contribution in [-0.4, -0.2) is 24.1 Å². The lowest BCUT2D eigenvalue weighted by atomic mass is 9.46. The fourth-order valence-electron chi connectivity index (χ4n) is 7.39. The minimum absolute atomic E-state index is 0.00579. The van der Waals surface area contributed by atoms with Crippen LogP contribution in [0.25, 0.3) is 0 Å². The molecule has 0 saturated heterocycles. The first kappa shape index (κ1) is 19.6. The first-order valence-electron chi connectivity index (χ1n) is 10.9. The number of ketones is 2. The molecule has 0 aromatic heterocycles. The Labute approximate surface area is 167 Å². The number of ether oxygens (including phenoxy) is 1. The van der Waals surface area contributed by atoms with Gasteiger partial charge in [0.15, 0.2) is 18.2 Å². The minimum Gasteiger partial charge on any atom is -0.455 e. The normalized spacial score (nSPS) is 41.9. The Kier molecular flexibility index (Phi) is 4.87. The predicted octanol–water partition coefficient (Wildman–Crippen LogP) is 4.43. The third-order valence-electron chi connectivity index (χ3n) is 8.87. The Hall–Kier alpha value is -1.71. The molecule has 0 aliphatic heterocycles. The number of rotatable bonds is 4. The lowest BCUT2D eigenvalue weighted by molar-refractivity contribution is -0.147. The van der Waals surface area contributed by atoms with E-state index in [0.717, 1.165) is 51.0 Å². The maximum Gasteiger partial charge on any atom is 0.330 e. The van der Waals surface area contributed by atoms with Crippen molar-refractivity contribution >= 4 is 17.5 Å². The zero-order valence-corrected chi connectivity index (χ0v) is 17.2. The van der Waals surface area contributed by atoms with Gasteiger partial charge in [-0.3, -0.25) is 9.59 Å². The molecule has 3 saturated carbocycles. The van der Waals surface area contributed by atoms with Gasteiger partial charge >= 0.3 is 5.97 Å². The van der Waals surface area contributed by atoms with Gasteiger partial charge in [-0.2, -0.15) is 0 Å². The summed E-state index contributed by atoms with van der Waals surface area (Å²) >= 11 is 0. The Bertz CT molecular complexity index is 750. The summed E-state index contributed by atoms with van der Waals surface area (Å²) < 4.78 is 5.05. The third kappa shape index (κ3) is 2.91. The van der Waals surface area contributed by atoms with Crippen LogP contribution in [0, 0.1) is 34.5 Å². The van der Waals surface area contributed by atoms with E-state index < -0.39 is 5.97 Å². The molecule has 28 heavy (non-hydrogen) atoms. The van der Waals surface area contributed by atoms with Crippen molar-refractivity contribution in [2.75, 3.05) is 6.61 Å². The van der Waals surface area contributed by atoms with Gasteiger partial charge in [0, 0.05) is 18.4 Å². The molecule has 0 unspecified atom stereocenters. The third-order valence-corrected chi connectivity index (χ3v) is 8.87. The smallest absolute Gasteiger partial charge is 0.330 e. The summed E-state index contributed by atoms with van der Waals surface area (Å²) in [5, 5.41) is 0. The van der Waals surface area contributed by atoms with E-state index in [9.17, 15) is 14.4 Å². The van der Waals surface area contributed by atoms with Crippen molar-refractivity contribution in [1.82, 2.24) is 0 Å². The van der Waals surface area contributed by atoms with Crippen molar-refractivity contribution in [2.24, 2.45) is 34.5 Å². The van der Waals surface area contributed by atoms with Gasteiger partial charge in [0.1, 0.15) is 0 Å². The monoisotopic (exact) mass is 384 g/mol. The number of allylic oxidation sites excluding steroid dienone is 1. The van der Waals surface area contributed by atoms with Gasteiger partial charge in [0.25, 0.3) is 0 Å². The first-order valence-corrected chi connectivity index (χ1v) is 10.9. The molecule has 6 atom stereocenters. The number of esters is 1. The van der Waals surface area contributed by atoms with Crippen LogP contribution in [0.4, 0.5) is 0 Å². The van der Waals surface area contributed by atoms with Crippen molar-refractivity contribution in [3.8, 4) is 0 Å². The maximum atomic E-state index is 12.9. The van der Waals surface area contributed by atoms with Crippen molar-refractivity contribution in [1.29, 1.82) is 0 Å². The molecule has 0 spiro atoms. The van der Waals surface area contributed by atoms with Crippen molar-refractivity contribution in [2.45, 2.75) is 65.2 Å². The number of Topliss-reactive ketones (excluding diaryl/α,β-unsaturated/α-hetero) is 1. The Balaban J connectivity index is 1.53. The van der Waals surface area contributed by atoms with Gasteiger partial charge in [-0.05, 0) is 79.6 Å². The average molecular weight is 385 g/mol. The molecule has 4 rings (SSSR count). The highest BCUT2D eigenvalue weighted by Gasteiger charge is 2.60. The molecule has 0 bridgehead atoms. The van der Waals surface area contributed by atoms with Gasteiger partial charge in [0.05, 0.1) is 0 Å². The Morgan fingerprint density at radius 2 is 1.93 bits per heavy atom. The van der Waals surface area contributed by atoms with Gasteiger partial charge in [0.2, 0.25) is 0 Å². The molecule has 0 radical (unpaired) electrons. The second-order valence-corrected chi connectivity index (χ2v) is 9.92. The van der Waals surface area contributed by atoms with Gasteiger partial charge in [-0.25, -0.2) is 4.79 Å². The molecule has 4 heteroatoms. The van der Waals surface area contributed by atoms with Crippen molar-refractivity contribution < 1.29 is 19.1 Å². The SMILES string of the molecule is C=CC(=O)OCC(=O)[C@H]1CC[C@H]2[C@H]3CCC4=CC(=O)CC[C@]4(C)[C@@H]3CC[C@]12C. The summed E-state index contributed by atoms with van der Waals surface area (Å²) in [5.41, 5.74) is 1.57. The maximum absolute atomic E-state index is 12.9. The lowest BCUT2D eigenvalue weighted by Crippen LogP contribution is -2.51. The van der Waals surface area contributed by atoms with Gasteiger partial charge < -0.3 is 4.74 Å². The second kappa shape index (κ2) is 6.96. The van der Waals surface area contributed by atoms with Gasteiger partial charge in [-0.1, -0.05) is 26.0 Å². The molecule has 3 fully saturated rings. The zero-order valence-electron chi connectivity index (χ0n) is 17.2. The summed E-state index contributed by atoms with van der Waals surface area (Å²) in [7, 11) is 0. The molecule has 0 amide bonds. The highest BCUT2D eigenvalue weighted by molar-refractivity contribution is 5.91. The van der Waals surface area contributed by atoms with Crippen LogP contribution in [0.3, 0.4) is 0 Å². The van der Waals surface area contributed by atoms with Crippen LogP contribution in [0.2, 0.25) is 0 Å². The molecule has 4 aliphatic carbocycles. The van der Waals surface area contributed by atoms with E-state index in [-0.39, 0.29) is 29.1 Å². The Morgan fingerprint density at radius 1 is 1.14 bits per heavy atom. The molecular formula is C24H32O4. The standard InChI is InChI=1S/C24H32O4/c1-4-22(27)28-14-21(26)20-8-7-18-17-6-5-15-13-16(25)9-11-23(15,2)19(17)10-12-24(18,20)3/h4,13,17-20H,1,5-12,14H2,2-3H3/t17-,18+,19-,20-,23+,24+/m1/s1. The van der Waals surface area contributed by atoms with E-state index in [1.165, 1.54) is 5.57 Å². The topological polar surface area (TPSA) is 60.4 Å². The summed E-state index contributed by atoms with van der Waals surface area (Å²) in [5.74, 6) is 1.67. The van der Waals surface area contributed by atoms with E-state index in [1.54, 1.807) is 0 Å². The minimum atomic E-state index is -0.525. The summed E-state index contributed by atoms with van der Waals surface area (Å²) in [6.45, 7) is 7.96. The van der Waals surface area contributed by atoms with Crippen LogP contribution < -0.4 is 0 Å². The van der Waals surface area contributed by atoms with Crippen LogP contribution >= 0.6 is 0 Å². The largest absolute Gasteiger partial charge is 0.455 e. The molecule has 4 aliphatic rings. The average Bonchev–Trinajstić information content (AvgIpc) is 3.03. The first-order chi connectivity index (χ1) is 13.3. The predicted molar refractivity (Wildman–Crippen MR) is 106 cm³/mol. The molecular weight excluding hydrogens is 352 g/mol. The molecule has 0 aromatic rings. The Morgan fingerprint density at radius 3 is 2.68 bits per heavy atom. The van der Waals surface area contributed by atoms with Gasteiger partial charge in [-0.15, -0.1) is 0 Å². The molecule has 4 nitrogen and oxygen atoms in total. The number of hydrogen-bond donors (Lipinski definition) is 0. The van der Waals surface area contributed by atoms with Crippen LogP contribution in [0.5, 0.6) is 0 Å². The van der Waals surface area contributed by atoms with E-state index in [4.69, 9.17) is 4.74 Å². The molecule has 0 aromatic carbocycles. The van der Waals surface area contributed by atoms with Crippen molar-refractivity contribution in [3.63, 3.8) is 0 Å². The summed E-state index contributed by atoms with van der Waals surface area (Å²) in [6, 6.07) is 0. The summed E-state index contributed by atoms with van der Waals surface area (Å²) in [4.78, 5) is 36.2. The second-order valence-electron chi connectivity index (χ2n) is 9.92. The fourth-order valence-corrected chi connectivity index (χ4v) is 7.39. The van der Waals surface area contributed by atoms with E-state index in [0.29, 0.717) is 30.0 Å². The molecule has 0 N–H and O–H groups in total. The molecule has 152 valence electrons.